The summed E-state index contributed by atoms with van der Waals surface area (Å²) in [5.74, 6) is -1.10. The van der Waals surface area contributed by atoms with Crippen molar-refractivity contribution in [1.29, 1.82) is 0 Å². The second kappa shape index (κ2) is 4.37. The summed E-state index contributed by atoms with van der Waals surface area (Å²) in [6, 6.07) is 4.13. The van der Waals surface area contributed by atoms with Crippen molar-refractivity contribution in [3.05, 3.63) is 59.1 Å². The minimum absolute atomic E-state index is 0.328. The third-order valence-corrected chi connectivity index (χ3v) is 3.41. The summed E-state index contributed by atoms with van der Waals surface area (Å²) in [4.78, 5) is -0.328. The van der Waals surface area contributed by atoms with E-state index in [-0.39, 0.29) is 4.83 Å². The summed E-state index contributed by atoms with van der Waals surface area (Å²) in [5.41, 5.74) is 1.62. The van der Waals surface area contributed by atoms with Crippen LogP contribution in [0.2, 0.25) is 0 Å². The van der Waals surface area contributed by atoms with Gasteiger partial charge in [0.05, 0.1) is 17.4 Å². The Labute approximate surface area is 100 Å². The van der Waals surface area contributed by atoms with Gasteiger partial charge in [-0.1, -0.05) is 15.9 Å². The van der Waals surface area contributed by atoms with Gasteiger partial charge in [0, 0.05) is 17.2 Å². The lowest BCUT2D eigenvalue weighted by molar-refractivity contribution is 0.561. The zero-order valence-corrected chi connectivity index (χ0v) is 10.1. The number of hydrogen-bond donors (Lipinski definition) is 0. The van der Waals surface area contributed by atoms with Crippen LogP contribution >= 0.6 is 15.9 Å². The lowest BCUT2D eigenvalue weighted by Crippen LogP contribution is -1.98. The quantitative estimate of drug-likeness (QED) is 0.748. The van der Waals surface area contributed by atoms with Gasteiger partial charge in [-0.2, -0.15) is 0 Å². The molecule has 1 aromatic heterocycles. The number of benzene rings is 1. The van der Waals surface area contributed by atoms with E-state index in [0.29, 0.717) is 11.1 Å². The van der Waals surface area contributed by atoms with Gasteiger partial charge in [-0.25, -0.2) is 8.78 Å². The maximum atomic E-state index is 13.6. The fourth-order valence-corrected chi connectivity index (χ4v) is 2.08. The molecular formula is C12H9BrF2O. The number of aryl methyl sites for hydroxylation is 1. The normalized spacial score (nSPS) is 12.8. The lowest BCUT2D eigenvalue weighted by Gasteiger charge is -2.10. The minimum Gasteiger partial charge on any atom is -0.472 e. The second-order valence-electron chi connectivity index (χ2n) is 3.54. The van der Waals surface area contributed by atoms with Crippen LogP contribution in [0.15, 0.2) is 35.1 Å². The van der Waals surface area contributed by atoms with Gasteiger partial charge in [-0.15, -0.1) is 0 Å². The van der Waals surface area contributed by atoms with E-state index in [2.05, 4.69) is 15.9 Å². The maximum absolute atomic E-state index is 13.6. The van der Waals surface area contributed by atoms with E-state index in [1.807, 2.05) is 0 Å². The molecule has 16 heavy (non-hydrogen) atoms. The van der Waals surface area contributed by atoms with Crippen molar-refractivity contribution < 1.29 is 13.2 Å². The maximum Gasteiger partial charge on any atom is 0.130 e. The van der Waals surface area contributed by atoms with Crippen molar-refractivity contribution in [2.24, 2.45) is 0 Å². The van der Waals surface area contributed by atoms with Gasteiger partial charge in [0.25, 0.3) is 0 Å². The van der Waals surface area contributed by atoms with Gasteiger partial charge < -0.3 is 4.42 Å². The first-order chi connectivity index (χ1) is 7.59. The number of alkyl halides is 1. The molecule has 1 nitrogen and oxygen atoms in total. The van der Waals surface area contributed by atoms with Crippen molar-refractivity contribution in [2.45, 2.75) is 11.8 Å². The number of rotatable bonds is 2. The van der Waals surface area contributed by atoms with Crippen LogP contribution in [-0.4, -0.2) is 0 Å². The average molecular weight is 287 g/mol. The van der Waals surface area contributed by atoms with Gasteiger partial charge in [0.15, 0.2) is 0 Å². The summed E-state index contributed by atoms with van der Waals surface area (Å²) in [6.07, 6.45) is 3.04. The van der Waals surface area contributed by atoms with Crippen molar-refractivity contribution in [3.63, 3.8) is 0 Å². The molecule has 0 bridgehead atoms. The predicted octanol–water partition coefficient (Wildman–Crippen LogP) is 4.35. The molecule has 0 aliphatic heterocycles. The largest absolute Gasteiger partial charge is 0.472 e. The van der Waals surface area contributed by atoms with E-state index in [9.17, 15) is 8.78 Å². The third-order valence-electron chi connectivity index (χ3n) is 2.39. The summed E-state index contributed by atoms with van der Waals surface area (Å²) in [7, 11) is 0. The van der Waals surface area contributed by atoms with Gasteiger partial charge >= 0.3 is 0 Å². The van der Waals surface area contributed by atoms with Crippen LogP contribution in [0.5, 0.6) is 0 Å². The van der Waals surface area contributed by atoms with Crippen LogP contribution in [0.1, 0.15) is 21.5 Å². The molecule has 2 aromatic rings. The topological polar surface area (TPSA) is 13.1 Å². The highest BCUT2D eigenvalue weighted by Gasteiger charge is 2.17. The number of hydrogen-bond acceptors (Lipinski definition) is 1. The van der Waals surface area contributed by atoms with E-state index in [4.69, 9.17) is 4.42 Å². The van der Waals surface area contributed by atoms with E-state index in [1.54, 1.807) is 13.0 Å². The molecule has 0 spiro atoms. The van der Waals surface area contributed by atoms with E-state index >= 15 is 0 Å². The molecule has 1 atom stereocenters. The van der Waals surface area contributed by atoms with Gasteiger partial charge in [0.1, 0.15) is 11.6 Å². The zero-order valence-electron chi connectivity index (χ0n) is 8.51. The van der Waals surface area contributed by atoms with Crippen LogP contribution < -0.4 is 0 Å². The smallest absolute Gasteiger partial charge is 0.130 e. The van der Waals surface area contributed by atoms with Crippen LogP contribution in [0, 0.1) is 18.6 Å². The zero-order chi connectivity index (χ0) is 11.7. The molecule has 0 radical (unpaired) electrons. The Hall–Kier alpha value is -1.16. The molecule has 0 amide bonds. The second-order valence-corrected chi connectivity index (χ2v) is 4.46. The van der Waals surface area contributed by atoms with Crippen molar-refractivity contribution in [1.82, 2.24) is 0 Å². The molecule has 1 heterocycles. The Bertz CT molecular complexity index is 494. The molecule has 0 aliphatic carbocycles. The fraction of sp³-hybridized carbons (Fsp3) is 0.167. The fourth-order valence-electron chi connectivity index (χ4n) is 1.47. The molecule has 0 aliphatic rings. The predicted molar refractivity (Wildman–Crippen MR) is 60.6 cm³/mol. The first kappa shape index (κ1) is 11.3. The lowest BCUT2D eigenvalue weighted by atomic mass is 10.0. The van der Waals surface area contributed by atoms with Crippen LogP contribution in [0.3, 0.4) is 0 Å². The van der Waals surface area contributed by atoms with Gasteiger partial charge in [-0.05, 0) is 24.6 Å². The van der Waals surface area contributed by atoms with Crippen LogP contribution in [-0.2, 0) is 0 Å². The molecule has 1 unspecified atom stereocenters. The summed E-state index contributed by atoms with van der Waals surface area (Å²) < 4.78 is 31.6. The van der Waals surface area contributed by atoms with E-state index < -0.39 is 11.6 Å². The van der Waals surface area contributed by atoms with Gasteiger partial charge in [0.2, 0.25) is 0 Å². The first-order valence-electron chi connectivity index (χ1n) is 4.71. The monoisotopic (exact) mass is 286 g/mol. The van der Waals surface area contributed by atoms with Crippen LogP contribution in [0.4, 0.5) is 8.78 Å². The molecule has 0 saturated heterocycles. The number of furan rings is 1. The molecule has 0 fully saturated rings. The van der Waals surface area contributed by atoms with E-state index in [0.717, 1.165) is 11.6 Å². The van der Waals surface area contributed by atoms with Crippen molar-refractivity contribution in [2.75, 3.05) is 0 Å². The average Bonchev–Trinajstić information content (AvgIpc) is 2.75. The molecular weight excluding hydrogens is 278 g/mol. The number of halogens is 3. The third kappa shape index (κ3) is 2.02. The standard InChI is InChI=1S/C12H9BrF2O/c1-7-4-9(11(15)5-10(7)14)12(13)8-2-3-16-6-8/h2-6,12H,1H3. The summed E-state index contributed by atoms with van der Waals surface area (Å²) >= 11 is 3.36. The minimum atomic E-state index is -0.564. The molecule has 1 aromatic carbocycles. The molecule has 4 heteroatoms. The Kier molecular flexibility index (Phi) is 3.10. The summed E-state index contributed by atoms with van der Waals surface area (Å²) in [5, 5.41) is 0. The van der Waals surface area contributed by atoms with Crippen LogP contribution in [0.25, 0.3) is 0 Å². The van der Waals surface area contributed by atoms with Crippen molar-refractivity contribution in [3.8, 4) is 0 Å². The Balaban J connectivity index is 2.44. The highest BCUT2D eigenvalue weighted by Crippen LogP contribution is 2.33. The first-order valence-corrected chi connectivity index (χ1v) is 5.63. The summed E-state index contributed by atoms with van der Waals surface area (Å²) in [6.45, 7) is 1.60. The Morgan fingerprint density at radius 1 is 1.25 bits per heavy atom. The molecule has 0 N–H and O–H groups in total. The van der Waals surface area contributed by atoms with Gasteiger partial charge in [-0.3, -0.25) is 0 Å². The molecule has 0 saturated carbocycles. The highest BCUT2D eigenvalue weighted by molar-refractivity contribution is 9.09. The Morgan fingerprint density at radius 3 is 2.62 bits per heavy atom. The molecule has 2 rings (SSSR count). The molecule has 84 valence electrons. The SMILES string of the molecule is Cc1cc(C(Br)c2ccoc2)c(F)cc1F. The Morgan fingerprint density at radius 2 is 2.00 bits per heavy atom. The highest BCUT2D eigenvalue weighted by atomic mass is 79.9. The van der Waals surface area contributed by atoms with Crippen molar-refractivity contribution >= 4 is 15.9 Å². The van der Waals surface area contributed by atoms with E-state index in [1.165, 1.54) is 18.6 Å².